The maximum absolute atomic E-state index is 12.1. The van der Waals surface area contributed by atoms with Gasteiger partial charge in [0.15, 0.2) is 5.16 Å². The maximum atomic E-state index is 12.1. The zero-order valence-corrected chi connectivity index (χ0v) is 14.4. The van der Waals surface area contributed by atoms with Gasteiger partial charge in [-0.2, -0.15) is 0 Å². The topological polar surface area (TPSA) is 57.8 Å². The third-order valence-corrected chi connectivity index (χ3v) is 4.66. The number of nitrogens with one attached hydrogen (secondary N) is 2. The molecule has 0 aliphatic carbocycles. The highest BCUT2D eigenvalue weighted by Gasteiger charge is 2.08. The van der Waals surface area contributed by atoms with E-state index in [4.69, 9.17) is 11.6 Å². The van der Waals surface area contributed by atoms with Crippen molar-refractivity contribution < 1.29 is 4.79 Å². The summed E-state index contributed by atoms with van der Waals surface area (Å²) >= 11 is 7.32. The Kier molecular flexibility index (Phi) is 4.59. The summed E-state index contributed by atoms with van der Waals surface area (Å²) in [6.45, 7) is 4.07. The Morgan fingerprint density at radius 1 is 1.22 bits per heavy atom. The van der Waals surface area contributed by atoms with Crippen LogP contribution >= 0.6 is 23.4 Å². The largest absolute Gasteiger partial charge is 0.333 e. The van der Waals surface area contributed by atoms with Gasteiger partial charge in [-0.3, -0.25) is 4.79 Å². The standard InChI is InChI=1S/C17H16ClN3OS/c1-10-3-5-13(7-11(10)2)19-16(22)9-23-17-20-14-6-4-12(18)8-15(14)21-17/h3-8H,9H2,1-2H3,(H,19,22)(H,20,21). The summed E-state index contributed by atoms with van der Waals surface area (Å²) in [6.07, 6.45) is 0. The first kappa shape index (κ1) is 15.9. The first-order valence-corrected chi connectivity index (χ1v) is 8.53. The second-order valence-electron chi connectivity index (χ2n) is 5.34. The van der Waals surface area contributed by atoms with E-state index in [-0.39, 0.29) is 5.91 Å². The van der Waals surface area contributed by atoms with E-state index in [2.05, 4.69) is 15.3 Å². The lowest BCUT2D eigenvalue weighted by molar-refractivity contribution is -0.113. The fraction of sp³-hybridized carbons (Fsp3) is 0.176. The molecule has 0 aliphatic heterocycles. The molecule has 2 N–H and O–H groups in total. The van der Waals surface area contributed by atoms with Gasteiger partial charge in [0.05, 0.1) is 16.8 Å². The van der Waals surface area contributed by atoms with Gasteiger partial charge < -0.3 is 10.3 Å². The molecule has 0 radical (unpaired) electrons. The molecule has 0 aliphatic rings. The Morgan fingerprint density at radius 3 is 2.83 bits per heavy atom. The van der Waals surface area contributed by atoms with Crippen molar-refractivity contribution in [2.45, 2.75) is 19.0 Å². The fourth-order valence-electron chi connectivity index (χ4n) is 2.18. The third-order valence-electron chi connectivity index (χ3n) is 3.55. The molecule has 0 unspecified atom stereocenters. The average molecular weight is 346 g/mol. The van der Waals surface area contributed by atoms with Crippen LogP contribution in [0.5, 0.6) is 0 Å². The van der Waals surface area contributed by atoms with Gasteiger partial charge in [-0.1, -0.05) is 29.4 Å². The van der Waals surface area contributed by atoms with E-state index in [1.807, 2.05) is 44.2 Å². The van der Waals surface area contributed by atoms with E-state index >= 15 is 0 Å². The van der Waals surface area contributed by atoms with Crippen molar-refractivity contribution in [2.24, 2.45) is 0 Å². The monoisotopic (exact) mass is 345 g/mol. The molecule has 3 aromatic rings. The maximum Gasteiger partial charge on any atom is 0.234 e. The Morgan fingerprint density at radius 2 is 2.04 bits per heavy atom. The number of carbonyl (C=O) groups excluding carboxylic acids is 1. The smallest absolute Gasteiger partial charge is 0.234 e. The highest BCUT2D eigenvalue weighted by Crippen LogP contribution is 2.22. The molecule has 0 bridgehead atoms. The van der Waals surface area contributed by atoms with Gasteiger partial charge in [-0.05, 0) is 55.3 Å². The fourth-order valence-corrected chi connectivity index (χ4v) is 3.03. The summed E-state index contributed by atoms with van der Waals surface area (Å²) in [5, 5.41) is 4.26. The third kappa shape index (κ3) is 3.86. The van der Waals surface area contributed by atoms with Crippen molar-refractivity contribution in [2.75, 3.05) is 11.1 Å². The van der Waals surface area contributed by atoms with Crippen molar-refractivity contribution in [3.8, 4) is 0 Å². The number of halogens is 1. The van der Waals surface area contributed by atoms with Gasteiger partial charge in [0.1, 0.15) is 0 Å². The van der Waals surface area contributed by atoms with Gasteiger partial charge in [-0.25, -0.2) is 4.98 Å². The summed E-state index contributed by atoms with van der Waals surface area (Å²) in [7, 11) is 0. The number of rotatable bonds is 4. The number of benzene rings is 2. The summed E-state index contributed by atoms with van der Waals surface area (Å²) in [4.78, 5) is 19.6. The summed E-state index contributed by atoms with van der Waals surface area (Å²) in [5.74, 6) is 0.234. The minimum absolute atomic E-state index is 0.0586. The molecule has 118 valence electrons. The van der Waals surface area contributed by atoms with Crippen molar-refractivity contribution in [3.63, 3.8) is 0 Å². The highest BCUT2D eigenvalue weighted by atomic mass is 35.5. The zero-order valence-electron chi connectivity index (χ0n) is 12.8. The molecule has 6 heteroatoms. The van der Waals surface area contributed by atoms with Gasteiger partial charge in [0.25, 0.3) is 0 Å². The predicted octanol–water partition coefficient (Wildman–Crippen LogP) is 4.56. The van der Waals surface area contributed by atoms with E-state index in [1.165, 1.54) is 17.3 Å². The number of hydrogen-bond donors (Lipinski definition) is 2. The molecule has 0 saturated carbocycles. The number of nitrogens with zero attached hydrogens (tertiary/aromatic N) is 1. The van der Waals surface area contributed by atoms with Gasteiger partial charge in [-0.15, -0.1) is 0 Å². The van der Waals surface area contributed by atoms with Crippen LogP contribution < -0.4 is 5.32 Å². The van der Waals surface area contributed by atoms with Crippen LogP contribution in [-0.4, -0.2) is 21.6 Å². The summed E-state index contributed by atoms with van der Waals surface area (Å²) in [6, 6.07) is 11.4. The number of anilines is 1. The lowest BCUT2D eigenvalue weighted by Gasteiger charge is -2.07. The minimum atomic E-state index is -0.0586. The van der Waals surface area contributed by atoms with Crippen LogP contribution in [0.1, 0.15) is 11.1 Å². The predicted molar refractivity (Wildman–Crippen MR) is 96.4 cm³/mol. The molecule has 4 nitrogen and oxygen atoms in total. The van der Waals surface area contributed by atoms with Crippen LogP contribution in [0.2, 0.25) is 5.02 Å². The van der Waals surface area contributed by atoms with Crippen LogP contribution in [0.3, 0.4) is 0 Å². The molecule has 2 aromatic carbocycles. The van der Waals surface area contributed by atoms with Crippen molar-refractivity contribution >= 4 is 46.0 Å². The lowest BCUT2D eigenvalue weighted by Crippen LogP contribution is -2.14. The number of fused-ring (bicyclic) bond motifs is 1. The van der Waals surface area contributed by atoms with Gasteiger partial charge in [0, 0.05) is 10.7 Å². The number of H-pyrrole nitrogens is 1. The normalized spacial score (nSPS) is 10.9. The van der Waals surface area contributed by atoms with E-state index in [0.29, 0.717) is 15.9 Å². The lowest BCUT2D eigenvalue weighted by atomic mass is 10.1. The number of amides is 1. The van der Waals surface area contributed by atoms with E-state index in [0.717, 1.165) is 22.3 Å². The van der Waals surface area contributed by atoms with Crippen molar-refractivity contribution in [1.29, 1.82) is 0 Å². The molecule has 1 heterocycles. The molecule has 1 aromatic heterocycles. The molecule has 0 spiro atoms. The Balaban J connectivity index is 1.62. The van der Waals surface area contributed by atoms with Crippen molar-refractivity contribution in [3.05, 3.63) is 52.5 Å². The van der Waals surface area contributed by atoms with Gasteiger partial charge >= 0.3 is 0 Å². The Bertz CT molecular complexity index is 875. The van der Waals surface area contributed by atoms with E-state index < -0.39 is 0 Å². The zero-order chi connectivity index (χ0) is 16.4. The molecule has 1 amide bonds. The van der Waals surface area contributed by atoms with Crippen LogP contribution in [-0.2, 0) is 4.79 Å². The number of aromatic nitrogens is 2. The molecule has 23 heavy (non-hydrogen) atoms. The van der Waals surface area contributed by atoms with Crippen LogP contribution in [0, 0.1) is 13.8 Å². The second-order valence-corrected chi connectivity index (χ2v) is 6.74. The second kappa shape index (κ2) is 6.64. The van der Waals surface area contributed by atoms with Crippen molar-refractivity contribution in [1.82, 2.24) is 9.97 Å². The average Bonchev–Trinajstić information content (AvgIpc) is 2.91. The molecular formula is C17H16ClN3OS. The Labute approximate surface area is 143 Å². The first-order valence-electron chi connectivity index (χ1n) is 7.16. The van der Waals surface area contributed by atoms with Crippen LogP contribution in [0.15, 0.2) is 41.6 Å². The number of hydrogen-bond acceptors (Lipinski definition) is 3. The minimum Gasteiger partial charge on any atom is -0.333 e. The first-order chi connectivity index (χ1) is 11.0. The molecule has 3 rings (SSSR count). The van der Waals surface area contributed by atoms with Gasteiger partial charge in [0.2, 0.25) is 5.91 Å². The van der Waals surface area contributed by atoms with E-state index in [9.17, 15) is 4.79 Å². The number of imidazole rings is 1. The van der Waals surface area contributed by atoms with E-state index in [1.54, 1.807) is 6.07 Å². The highest BCUT2D eigenvalue weighted by molar-refractivity contribution is 7.99. The Hall–Kier alpha value is -1.98. The molecule has 0 saturated heterocycles. The SMILES string of the molecule is Cc1ccc(NC(=O)CSc2nc3ccc(Cl)cc3[nH]2)cc1C. The quantitative estimate of drug-likeness (QED) is 0.681. The number of thioether (sulfide) groups is 1. The summed E-state index contributed by atoms with van der Waals surface area (Å²) in [5.41, 5.74) is 4.89. The number of aryl methyl sites for hydroxylation is 2. The molecular weight excluding hydrogens is 330 g/mol. The summed E-state index contributed by atoms with van der Waals surface area (Å²) < 4.78 is 0. The number of aromatic amines is 1. The van der Waals surface area contributed by atoms with Crippen LogP contribution in [0.25, 0.3) is 11.0 Å². The molecule has 0 atom stereocenters. The number of carbonyl (C=O) groups is 1. The van der Waals surface area contributed by atoms with Crippen LogP contribution in [0.4, 0.5) is 5.69 Å². The molecule has 0 fully saturated rings.